The third-order valence-electron chi connectivity index (χ3n) is 6.06. The Hall–Kier alpha value is -3.04. The number of aryl methyl sites for hydroxylation is 2. The minimum atomic E-state index is -3.51. The van der Waals surface area contributed by atoms with Gasteiger partial charge in [-0.1, -0.05) is 11.2 Å². The summed E-state index contributed by atoms with van der Waals surface area (Å²) in [5, 5.41) is 10.6. The zero-order chi connectivity index (χ0) is 22.1. The van der Waals surface area contributed by atoms with Crippen LogP contribution in [0.5, 0.6) is 0 Å². The summed E-state index contributed by atoms with van der Waals surface area (Å²) in [6.07, 6.45) is 6.28. The highest BCUT2D eigenvalue weighted by atomic mass is 32.2. The molecule has 0 radical (unpaired) electrons. The lowest BCUT2D eigenvalue weighted by Gasteiger charge is -2.15. The van der Waals surface area contributed by atoms with Gasteiger partial charge in [0.25, 0.3) is 5.91 Å². The number of carbonyl (C=O) groups excluding carboxylic acids is 1. The van der Waals surface area contributed by atoms with E-state index in [1.807, 2.05) is 6.07 Å². The molecule has 1 aliphatic carbocycles. The molecule has 32 heavy (non-hydrogen) atoms. The first-order valence-electron chi connectivity index (χ1n) is 10.9. The topological polar surface area (TPSA) is 105 Å². The van der Waals surface area contributed by atoms with Crippen molar-refractivity contribution in [3.63, 3.8) is 0 Å². The summed E-state index contributed by atoms with van der Waals surface area (Å²) >= 11 is 0. The Morgan fingerprint density at radius 2 is 1.62 bits per heavy atom. The lowest BCUT2D eigenvalue weighted by Crippen LogP contribution is -2.27. The van der Waals surface area contributed by atoms with Gasteiger partial charge >= 0.3 is 6.01 Å². The van der Waals surface area contributed by atoms with Crippen LogP contribution in [0.1, 0.15) is 47.2 Å². The number of amides is 1. The molecule has 0 unspecified atom stereocenters. The summed E-state index contributed by atoms with van der Waals surface area (Å²) in [7, 11) is -3.51. The van der Waals surface area contributed by atoms with Gasteiger partial charge in [-0.2, -0.15) is 4.31 Å². The van der Waals surface area contributed by atoms with Crippen LogP contribution in [0.2, 0.25) is 0 Å². The third-order valence-corrected chi connectivity index (χ3v) is 7.97. The van der Waals surface area contributed by atoms with Crippen molar-refractivity contribution < 1.29 is 17.6 Å². The van der Waals surface area contributed by atoms with E-state index in [1.54, 1.807) is 0 Å². The number of fused-ring (bicyclic) bond motifs is 1. The number of hydrogen-bond acceptors (Lipinski definition) is 6. The minimum Gasteiger partial charge on any atom is -0.403 e. The van der Waals surface area contributed by atoms with E-state index in [0.29, 0.717) is 24.5 Å². The van der Waals surface area contributed by atoms with Crippen molar-refractivity contribution in [3.8, 4) is 11.5 Å². The van der Waals surface area contributed by atoms with Gasteiger partial charge in [0, 0.05) is 24.2 Å². The van der Waals surface area contributed by atoms with Crippen molar-refractivity contribution in [2.24, 2.45) is 0 Å². The van der Waals surface area contributed by atoms with Crippen LogP contribution in [0.4, 0.5) is 6.01 Å². The fourth-order valence-corrected chi connectivity index (χ4v) is 5.80. The van der Waals surface area contributed by atoms with Gasteiger partial charge in [0.1, 0.15) is 0 Å². The molecule has 2 aromatic carbocycles. The van der Waals surface area contributed by atoms with Crippen molar-refractivity contribution in [1.82, 2.24) is 14.5 Å². The molecule has 0 spiro atoms. The summed E-state index contributed by atoms with van der Waals surface area (Å²) in [5.74, 6) is -0.100. The number of nitrogens with zero attached hydrogens (tertiary/aromatic N) is 3. The first kappa shape index (κ1) is 20.8. The normalized spacial score (nSPS) is 16.6. The molecule has 1 fully saturated rings. The lowest BCUT2D eigenvalue weighted by atomic mass is 9.90. The molecule has 3 aromatic rings. The van der Waals surface area contributed by atoms with Gasteiger partial charge in [0.15, 0.2) is 0 Å². The van der Waals surface area contributed by atoms with E-state index in [9.17, 15) is 13.2 Å². The van der Waals surface area contributed by atoms with E-state index in [2.05, 4.69) is 27.6 Å². The molecule has 8 nitrogen and oxygen atoms in total. The Labute approximate surface area is 186 Å². The Morgan fingerprint density at radius 1 is 0.906 bits per heavy atom. The van der Waals surface area contributed by atoms with Crippen molar-refractivity contribution in [1.29, 1.82) is 0 Å². The first-order valence-corrected chi connectivity index (χ1v) is 12.3. The molecule has 5 rings (SSSR count). The highest BCUT2D eigenvalue weighted by molar-refractivity contribution is 7.89. The zero-order valence-corrected chi connectivity index (χ0v) is 18.4. The van der Waals surface area contributed by atoms with Gasteiger partial charge in [-0.05, 0) is 86.1 Å². The number of benzene rings is 2. The summed E-state index contributed by atoms with van der Waals surface area (Å²) in [5.41, 5.74) is 3.80. The van der Waals surface area contributed by atoms with Crippen molar-refractivity contribution in [2.45, 2.75) is 43.4 Å². The standard InChI is InChI=1S/C23H24N4O4S/c28-21(17-9-11-20(12-10-17)32(29,30)27-13-3-4-14-27)24-23-26-25-22(31-23)19-8-7-16-5-1-2-6-18(16)15-19/h7-12,15H,1-6,13-14H2,(H,24,26,28). The van der Waals surface area contributed by atoms with Crippen LogP contribution in [0.25, 0.3) is 11.5 Å². The number of hydrogen-bond donors (Lipinski definition) is 1. The third kappa shape index (κ3) is 4.05. The monoisotopic (exact) mass is 452 g/mol. The van der Waals surface area contributed by atoms with Gasteiger partial charge in [-0.15, -0.1) is 5.10 Å². The van der Waals surface area contributed by atoms with E-state index < -0.39 is 15.9 Å². The molecule has 1 saturated heterocycles. The highest BCUT2D eigenvalue weighted by Crippen LogP contribution is 2.28. The number of rotatable bonds is 5. The molecule has 2 heterocycles. The first-order chi connectivity index (χ1) is 15.5. The average molecular weight is 453 g/mol. The predicted octanol–water partition coefficient (Wildman–Crippen LogP) is 3.65. The maximum absolute atomic E-state index is 12.6. The van der Waals surface area contributed by atoms with E-state index >= 15 is 0 Å². The Morgan fingerprint density at radius 3 is 2.38 bits per heavy atom. The fourth-order valence-electron chi connectivity index (χ4n) is 4.28. The van der Waals surface area contributed by atoms with Crippen LogP contribution in [0.15, 0.2) is 51.8 Å². The Balaban J connectivity index is 1.28. The van der Waals surface area contributed by atoms with Crippen LogP contribution in [-0.2, 0) is 22.9 Å². The summed E-state index contributed by atoms with van der Waals surface area (Å²) in [4.78, 5) is 12.8. The summed E-state index contributed by atoms with van der Waals surface area (Å²) in [6.45, 7) is 1.07. The van der Waals surface area contributed by atoms with Crippen LogP contribution in [0.3, 0.4) is 0 Å². The molecule has 1 aliphatic heterocycles. The second-order valence-electron chi connectivity index (χ2n) is 8.19. The molecule has 1 aromatic heterocycles. The van der Waals surface area contributed by atoms with Gasteiger partial charge < -0.3 is 4.42 Å². The molecular formula is C23H24N4O4S. The second kappa shape index (κ2) is 8.48. The van der Waals surface area contributed by atoms with Crippen LogP contribution in [-0.4, -0.2) is 41.9 Å². The van der Waals surface area contributed by atoms with E-state index in [1.165, 1.54) is 52.5 Å². The maximum atomic E-state index is 12.6. The SMILES string of the molecule is O=C(Nc1nnc(-c2ccc3c(c2)CCCC3)o1)c1ccc(S(=O)(=O)N2CCCC2)cc1. The quantitative estimate of drug-likeness (QED) is 0.633. The van der Waals surface area contributed by atoms with E-state index in [0.717, 1.165) is 31.2 Å². The Kier molecular flexibility index (Phi) is 5.52. The molecule has 0 atom stereocenters. The van der Waals surface area contributed by atoms with Crippen LogP contribution < -0.4 is 5.32 Å². The number of carbonyl (C=O) groups is 1. The molecule has 166 valence electrons. The highest BCUT2D eigenvalue weighted by Gasteiger charge is 2.27. The van der Waals surface area contributed by atoms with Gasteiger partial charge in [-0.3, -0.25) is 10.1 Å². The number of nitrogens with one attached hydrogen (secondary N) is 1. The van der Waals surface area contributed by atoms with Crippen molar-refractivity contribution in [3.05, 3.63) is 59.2 Å². The number of anilines is 1. The molecular weight excluding hydrogens is 428 g/mol. The van der Waals surface area contributed by atoms with Gasteiger partial charge in [0.05, 0.1) is 4.90 Å². The van der Waals surface area contributed by atoms with Crippen LogP contribution in [0, 0.1) is 0 Å². The summed E-state index contributed by atoms with van der Waals surface area (Å²) in [6, 6.07) is 12.0. The minimum absolute atomic E-state index is 0.00325. The molecule has 0 bridgehead atoms. The molecule has 2 aliphatic rings. The second-order valence-corrected chi connectivity index (χ2v) is 10.1. The molecule has 1 amide bonds. The zero-order valence-electron chi connectivity index (χ0n) is 17.6. The average Bonchev–Trinajstić information content (AvgIpc) is 3.52. The van der Waals surface area contributed by atoms with Crippen molar-refractivity contribution in [2.75, 3.05) is 18.4 Å². The van der Waals surface area contributed by atoms with Gasteiger partial charge in [-0.25, -0.2) is 8.42 Å². The van der Waals surface area contributed by atoms with Gasteiger partial charge in [0.2, 0.25) is 15.9 Å². The molecule has 9 heteroatoms. The predicted molar refractivity (Wildman–Crippen MR) is 119 cm³/mol. The molecule has 0 saturated carbocycles. The Bertz CT molecular complexity index is 1250. The molecule has 1 N–H and O–H groups in total. The smallest absolute Gasteiger partial charge is 0.322 e. The number of aromatic nitrogens is 2. The largest absolute Gasteiger partial charge is 0.403 e. The summed E-state index contributed by atoms with van der Waals surface area (Å²) < 4.78 is 32.4. The van der Waals surface area contributed by atoms with E-state index in [-0.39, 0.29) is 10.9 Å². The van der Waals surface area contributed by atoms with E-state index in [4.69, 9.17) is 4.42 Å². The fraction of sp³-hybridized carbons (Fsp3) is 0.348. The van der Waals surface area contributed by atoms with Crippen molar-refractivity contribution >= 4 is 21.9 Å². The lowest BCUT2D eigenvalue weighted by molar-refractivity contribution is 0.102. The van der Waals surface area contributed by atoms with Crippen LogP contribution >= 0.6 is 0 Å². The maximum Gasteiger partial charge on any atom is 0.322 e. The number of sulfonamides is 1.